The van der Waals surface area contributed by atoms with Crippen LogP contribution in [0.3, 0.4) is 0 Å². The number of anilines is 1. The van der Waals surface area contributed by atoms with Crippen molar-refractivity contribution in [1.29, 1.82) is 0 Å². The Labute approximate surface area is 157 Å². The molecular formula is C23H31NO2. The summed E-state index contributed by atoms with van der Waals surface area (Å²) in [6, 6.07) is 16.7. The van der Waals surface area contributed by atoms with E-state index in [1.54, 1.807) is 0 Å². The van der Waals surface area contributed by atoms with Crippen LogP contribution < -0.4 is 5.32 Å². The predicted octanol–water partition coefficient (Wildman–Crippen LogP) is 5.85. The third kappa shape index (κ3) is 4.66. The highest BCUT2D eigenvalue weighted by Gasteiger charge is 2.44. The van der Waals surface area contributed by atoms with Gasteiger partial charge in [-0.2, -0.15) is 0 Å². The Balaban J connectivity index is 2.18. The van der Waals surface area contributed by atoms with E-state index in [1.165, 1.54) is 11.1 Å². The highest BCUT2D eigenvalue weighted by Crippen LogP contribution is 2.47. The van der Waals surface area contributed by atoms with Gasteiger partial charge in [0.2, 0.25) is 0 Å². The van der Waals surface area contributed by atoms with Gasteiger partial charge in [0.25, 0.3) is 0 Å². The Morgan fingerprint density at radius 2 is 1.50 bits per heavy atom. The number of benzene rings is 2. The molecule has 0 amide bonds. The van der Waals surface area contributed by atoms with E-state index < -0.39 is 11.4 Å². The predicted molar refractivity (Wildman–Crippen MR) is 109 cm³/mol. The fraction of sp³-hybridized carbons (Fsp3) is 0.435. The molecule has 0 radical (unpaired) electrons. The van der Waals surface area contributed by atoms with E-state index in [-0.39, 0.29) is 11.3 Å². The normalized spacial score (nSPS) is 13.3. The summed E-state index contributed by atoms with van der Waals surface area (Å²) in [6.07, 6.45) is 0. The summed E-state index contributed by atoms with van der Waals surface area (Å²) in [5, 5.41) is 13.1. The molecule has 0 spiro atoms. The average Bonchev–Trinajstić information content (AvgIpc) is 2.54. The highest BCUT2D eigenvalue weighted by atomic mass is 16.4. The minimum absolute atomic E-state index is 0.0772. The summed E-state index contributed by atoms with van der Waals surface area (Å²) in [7, 11) is 0. The molecule has 0 aliphatic heterocycles. The van der Waals surface area contributed by atoms with E-state index in [0.29, 0.717) is 0 Å². The van der Waals surface area contributed by atoms with Crippen LogP contribution in [0.5, 0.6) is 0 Å². The van der Waals surface area contributed by atoms with E-state index >= 15 is 0 Å². The first-order valence-electron chi connectivity index (χ1n) is 9.14. The second kappa shape index (κ2) is 7.53. The maximum atomic E-state index is 11.8. The van der Waals surface area contributed by atoms with Crippen molar-refractivity contribution in [3.63, 3.8) is 0 Å². The lowest BCUT2D eigenvalue weighted by Gasteiger charge is -2.40. The van der Waals surface area contributed by atoms with Crippen LogP contribution in [0.1, 0.15) is 57.2 Å². The number of carboxylic acids is 1. The monoisotopic (exact) mass is 353 g/mol. The molecule has 0 fully saturated rings. The van der Waals surface area contributed by atoms with Crippen LogP contribution in [0.15, 0.2) is 48.5 Å². The molecule has 2 rings (SSSR count). The van der Waals surface area contributed by atoms with Gasteiger partial charge < -0.3 is 10.4 Å². The van der Waals surface area contributed by atoms with Gasteiger partial charge in [0.05, 0.1) is 5.41 Å². The molecule has 140 valence electrons. The first-order chi connectivity index (χ1) is 12.0. The topological polar surface area (TPSA) is 49.3 Å². The summed E-state index contributed by atoms with van der Waals surface area (Å²) < 4.78 is 0. The highest BCUT2D eigenvalue weighted by molar-refractivity contribution is 5.75. The third-order valence-electron chi connectivity index (χ3n) is 5.00. The average molecular weight is 354 g/mol. The smallest absolute Gasteiger partial charge is 0.309 e. The van der Waals surface area contributed by atoms with Gasteiger partial charge in [-0.15, -0.1) is 0 Å². The van der Waals surface area contributed by atoms with Gasteiger partial charge in [-0.05, 0) is 49.4 Å². The second-order valence-corrected chi connectivity index (χ2v) is 8.79. The van der Waals surface area contributed by atoms with Crippen LogP contribution >= 0.6 is 0 Å². The quantitative estimate of drug-likeness (QED) is 0.685. The van der Waals surface area contributed by atoms with Gasteiger partial charge >= 0.3 is 5.97 Å². The molecule has 0 saturated heterocycles. The molecule has 3 heteroatoms. The molecular weight excluding hydrogens is 322 g/mol. The van der Waals surface area contributed by atoms with E-state index in [1.807, 2.05) is 13.8 Å². The van der Waals surface area contributed by atoms with Crippen molar-refractivity contribution in [2.75, 3.05) is 5.32 Å². The van der Waals surface area contributed by atoms with Crippen LogP contribution in [0.2, 0.25) is 0 Å². The first-order valence-corrected chi connectivity index (χ1v) is 9.14. The van der Waals surface area contributed by atoms with Crippen molar-refractivity contribution in [2.24, 2.45) is 10.8 Å². The van der Waals surface area contributed by atoms with Gasteiger partial charge in [0.15, 0.2) is 0 Å². The van der Waals surface area contributed by atoms with Gasteiger partial charge in [0.1, 0.15) is 0 Å². The Morgan fingerprint density at radius 3 is 1.96 bits per heavy atom. The van der Waals surface area contributed by atoms with Crippen molar-refractivity contribution in [1.82, 2.24) is 0 Å². The zero-order valence-electron chi connectivity index (χ0n) is 16.8. The summed E-state index contributed by atoms with van der Waals surface area (Å²) in [5.41, 5.74) is 3.61. The van der Waals surface area contributed by atoms with Crippen molar-refractivity contribution < 1.29 is 9.90 Å². The number of hydrogen-bond acceptors (Lipinski definition) is 2. The number of carbonyl (C=O) groups is 1. The number of aliphatic carboxylic acids is 1. The molecule has 0 saturated carbocycles. The maximum Gasteiger partial charge on any atom is 0.309 e. The fourth-order valence-electron chi connectivity index (χ4n) is 3.83. The van der Waals surface area contributed by atoms with E-state index in [9.17, 15) is 9.90 Å². The van der Waals surface area contributed by atoms with Crippen molar-refractivity contribution in [3.8, 4) is 0 Å². The lowest BCUT2D eigenvalue weighted by atomic mass is 9.63. The Hall–Kier alpha value is -2.29. The Bertz CT molecular complexity index is 737. The Kier molecular flexibility index (Phi) is 5.80. The largest absolute Gasteiger partial charge is 0.481 e. The van der Waals surface area contributed by atoms with E-state index in [2.05, 4.69) is 81.5 Å². The van der Waals surface area contributed by atoms with Crippen LogP contribution in [-0.2, 0) is 11.3 Å². The maximum absolute atomic E-state index is 11.8. The van der Waals surface area contributed by atoms with Crippen molar-refractivity contribution in [2.45, 2.75) is 54.0 Å². The molecule has 3 nitrogen and oxygen atoms in total. The lowest BCUT2D eigenvalue weighted by molar-refractivity contribution is -0.150. The molecule has 2 N–H and O–H groups in total. The summed E-state index contributed by atoms with van der Waals surface area (Å²) in [5.74, 6) is -0.839. The molecule has 2 aromatic carbocycles. The second-order valence-electron chi connectivity index (χ2n) is 8.79. The van der Waals surface area contributed by atoms with E-state index in [4.69, 9.17) is 0 Å². The zero-order chi connectivity index (χ0) is 19.5. The molecule has 1 atom stereocenters. The lowest BCUT2D eigenvalue weighted by Crippen LogP contribution is -2.38. The van der Waals surface area contributed by atoms with Crippen LogP contribution in [0.25, 0.3) is 0 Å². The van der Waals surface area contributed by atoms with Crippen LogP contribution in [-0.4, -0.2) is 11.1 Å². The third-order valence-corrected chi connectivity index (χ3v) is 5.00. The van der Waals surface area contributed by atoms with Crippen LogP contribution in [0, 0.1) is 17.8 Å². The van der Waals surface area contributed by atoms with Gasteiger partial charge in [-0.1, -0.05) is 62.7 Å². The number of nitrogens with one attached hydrogen (secondary N) is 1. The molecule has 2 aromatic rings. The fourth-order valence-corrected chi connectivity index (χ4v) is 3.83. The number of hydrogen-bond donors (Lipinski definition) is 2. The SMILES string of the molecule is Cc1ccc(NCc2ccc(C(C(C)(C)C)C(C)(C)C(=O)O)cc2)cc1. The molecule has 0 aliphatic carbocycles. The number of aryl methyl sites for hydroxylation is 1. The molecule has 0 heterocycles. The Morgan fingerprint density at radius 1 is 0.962 bits per heavy atom. The van der Waals surface area contributed by atoms with Crippen LogP contribution in [0.4, 0.5) is 5.69 Å². The molecule has 0 aliphatic rings. The van der Waals surface area contributed by atoms with Gasteiger partial charge in [-0.25, -0.2) is 0 Å². The number of rotatable bonds is 6. The molecule has 26 heavy (non-hydrogen) atoms. The minimum atomic E-state index is -0.833. The number of carboxylic acid groups (broad SMARTS) is 1. The van der Waals surface area contributed by atoms with Crippen molar-refractivity contribution >= 4 is 11.7 Å². The minimum Gasteiger partial charge on any atom is -0.481 e. The first kappa shape index (κ1) is 20.0. The zero-order valence-corrected chi connectivity index (χ0v) is 16.8. The van der Waals surface area contributed by atoms with Gasteiger partial charge in [0, 0.05) is 18.2 Å². The van der Waals surface area contributed by atoms with Gasteiger partial charge in [-0.3, -0.25) is 4.79 Å². The summed E-state index contributed by atoms with van der Waals surface area (Å²) in [4.78, 5) is 11.8. The molecule has 1 unspecified atom stereocenters. The summed E-state index contributed by atoms with van der Waals surface area (Å²) >= 11 is 0. The standard InChI is InChI=1S/C23H31NO2/c1-16-7-13-19(14-8-16)24-15-17-9-11-18(12-10-17)20(22(2,3)4)23(5,6)21(25)26/h7-14,20,24H,15H2,1-6H3,(H,25,26). The molecule has 0 bridgehead atoms. The summed E-state index contributed by atoms with van der Waals surface area (Å²) in [6.45, 7) is 12.8. The van der Waals surface area contributed by atoms with E-state index in [0.717, 1.165) is 17.8 Å². The molecule has 0 aromatic heterocycles. The van der Waals surface area contributed by atoms with Crippen molar-refractivity contribution in [3.05, 3.63) is 65.2 Å².